The Kier molecular flexibility index (Phi) is 5.61. The van der Waals surface area contributed by atoms with Crippen LogP contribution in [0.15, 0.2) is 54.9 Å². The Morgan fingerprint density at radius 3 is 2.67 bits per heavy atom. The molecule has 0 fully saturated rings. The van der Waals surface area contributed by atoms with Crippen LogP contribution in [0.5, 0.6) is 5.75 Å². The highest BCUT2D eigenvalue weighted by Crippen LogP contribution is 2.19. The number of ether oxygens (including phenoxy) is 1. The lowest BCUT2D eigenvalue weighted by atomic mass is 10.1. The largest absolute Gasteiger partial charge is 0.482 e. The van der Waals surface area contributed by atoms with E-state index in [1.165, 1.54) is 18.3 Å². The first-order valence-electron chi connectivity index (χ1n) is 8.28. The number of carboxylic acids is 1. The van der Waals surface area contributed by atoms with Gasteiger partial charge in [-0.15, -0.1) is 0 Å². The molecule has 0 saturated heterocycles. The maximum absolute atomic E-state index is 13.7. The summed E-state index contributed by atoms with van der Waals surface area (Å²) in [5.74, 6) is -1.42. The standard InChI is InChI=1S/C20H17FN2O4/c21-15-9-14-11-22-7-6-17(14)18(10-15)20(26)23-8-5-13-1-3-16(4-2-13)27-12-19(24)25/h1-4,6-7,9-11H,5,8,12H2,(H,23,26)(H,24,25). The molecular weight excluding hydrogens is 351 g/mol. The Labute approximate surface area is 154 Å². The zero-order valence-corrected chi connectivity index (χ0v) is 14.3. The summed E-state index contributed by atoms with van der Waals surface area (Å²) in [7, 11) is 0. The van der Waals surface area contributed by atoms with Gasteiger partial charge in [-0.2, -0.15) is 0 Å². The first kappa shape index (κ1) is 18.3. The summed E-state index contributed by atoms with van der Waals surface area (Å²) < 4.78 is 18.8. The van der Waals surface area contributed by atoms with Gasteiger partial charge in [0.15, 0.2) is 6.61 Å². The summed E-state index contributed by atoms with van der Waals surface area (Å²) in [6, 6.07) is 11.2. The van der Waals surface area contributed by atoms with E-state index in [9.17, 15) is 14.0 Å². The second kappa shape index (κ2) is 8.27. The van der Waals surface area contributed by atoms with Gasteiger partial charge in [-0.1, -0.05) is 12.1 Å². The van der Waals surface area contributed by atoms with Gasteiger partial charge in [-0.05, 0) is 47.7 Å². The number of fused-ring (bicyclic) bond motifs is 1. The fourth-order valence-corrected chi connectivity index (χ4v) is 2.67. The number of pyridine rings is 1. The highest BCUT2D eigenvalue weighted by molar-refractivity contribution is 6.06. The van der Waals surface area contributed by atoms with E-state index in [0.29, 0.717) is 29.5 Å². The number of amides is 1. The van der Waals surface area contributed by atoms with E-state index in [-0.39, 0.29) is 11.5 Å². The van der Waals surface area contributed by atoms with Crippen molar-refractivity contribution in [1.29, 1.82) is 0 Å². The zero-order chi connectivity index (χ0) is 19.2. The minimum atomic E-state index is -1.04. The van der Waals surface area contributed by atoms with Crippen LogP contribution in [0.4, 0.5) is 4.39 Å². The van der Waals surface area contributed by atoms with Crippen molar-refractivity contribution in [3.63, 3.8) is 0 Å². The molecular formula is C20H17FN2O4. The number of rotatable bonds is 7. The van der Waals surface area contributed by atoms with Crippen LogP contribution in [0.25, 0.3) is 10.8 Å². The van der Waals surface area contributed by atoms with Crippen LogP contribution in [-0.2, 0) is 11.2 Å². The van der Waals surface area contributed by atoms with Crippen molar-refractivity contribution in [3.8, 4) is 5.75 Å². The summed E-state index contributed by atoms with van der Waals surface area (Å²) >= 11 is 0. The molecule has 0 bridgehead atoms. The van der Waals surface area contributed by atoms with Crippen LogP contribution < -0.4 is 10.1 Å². The lowest BCUT2D eigenvalue weighted by Gasteiger charge is -2.09. The van der Waals surface area contributed by atoms with Gasteiger partial charge in [0, 0.05) is 24.3 Å². The average molecular weight is 368 g/mol. The molecule has 0 radical (unpaired) electrons. The fourth-order valence-electron chi connectivity index (χ4n) is 2.67. The summed E-state index contributed by atoms with van der Waals surface area (Å²) in [5, 5.41) is 12.6. The van der Waals surface area contributed by atoms with Crippen LogP contribution in [0.2, 0.25) is 0 Å². The number of benzene rings is 2. The lowest BCUT2D eigenvalue weighted by Crippen LogP contribution is -2.26. The van der Waals surface area contributed by atoms with E-state index in [4.69, 9.17) is 9.84 Å². The van der Waals surface area contributed by atoms with Gasteiger partial charge in [-0.3, -0.25) is 9.78 Å². The van der Waals surface area contributed by atoms with Gasteiger partial charge in [0.2, 0.25) is 0 Å². The normalized spacial score (nSPS) is 10.6. The number of nitrogens with zero attached hydrogens (tertiary/aromatic N) is 1. The lowest BCUT2D eigenvalue weighted by molar-refractivity contribution is -0.139. The molecule has 138 valence electrons. The summed E-state index contributed by atoms with van der Waals surface area (Å²) in [4.78, 5) is 26.8. The molecule has 3 rings (SSSR count). The van der Waals surface area contributed by atoms with Gasteiger partial charge in [-0.25, -0.2) is 9.18 Å². The van der Waals surface area contributed by atoms with Crippen molar-refractivity contribution in [3.05, 3.63) is 71.8 Å². The minimum Gasteiger partial charge on any atom is -0.482 e. The number of carboxylic acid groups (broad SMARTS) is 1. The molecule has 3 aromatic rings. The maximum Gasteiger partial charge on any atom is 0.341 e. The van der Waals surface area contributed by atoms with Gasteiger partial charge in [0.05, 0.1) is 5.56 Å². The SMILES string of the molecule is O=C(O)COc1ccc(CCNC(=O)c2cc(F)cc3cnccc23)cc1. The van der Waals surface area contributed by atoms with Crippen molar-refractivity contribution < 1.29 is 23.8 Å². The van der Waals surface area contributed by atoms with Crippen LogP contribution in [0.3, 0.4) is 0 Å². The first-order valence-corrected chi connectivity index (χ1v) is 8.28. The molecule has 0 spiro atoms. The van der Waals surface area contributed by atoms with Crippen molar-refractivity contribution >= 4 is 22.6 Å². The molecule has 2 N–H and O–H groups in total. The zero-order valence-electron chi connectivity index (χ0n) is 14.3. The quantitative estimate of drug-likeness (QED) is 0.669. The summed E-state index contributed by atoms with van der Waals surface area (Å²) in [5.41, 5.74) is 1.22. The third kappa shape index (κ3) is 4.78. The van der Waals surface area contributed by atoms with E-state index in [2.05, 4.69) is 10.3 Å². The topological polar surface area (TPSA) is 88.5 Å². The predicted molar refractivity (Wildman–Crippen MR) is 97.3 cm³/mol. The molecule has 0 aliphatic heterocycles. The molecule has 27 heavy (non-hydrogen) atoms. The van der Waals surface area contributed by atoms with E-state index in [0.717, 1.165) is 5.56 Å². The molecule has 1 aromatic heterocycles. The van der Waals surface area contributed by atoms with Crippen LogP contribution in [0.1, 0.15) is 15.9 Å². The van der Waals surface area contributed by atoms with Crippen molar-refractivity contribution in [2.75, 3.05) is 13.2 Å². The van der Waals surface area contributed by atoms with Crippen molar-refractivity contribution in [1.82, 2.24) is 10.3 Å². The predicted octanol–water partition coefficient (Wildman–Crippen LogP) is 2.81. The Morgan fingerprint density at radius 2 is 1.93 bits per heavy atom. The third-order valence-corrected chi connectivity index (χ3v) is 3.95. The second-order valence-corrected chi connectivity index (χ2v) is 5.88. The van der Waals surface area contributed by atoms with Gasteiger partial charge < -0.3 is 15.2 Å². The molecule has 0 unspecified atom stereocenters. The number of aromatic nitrogens is 1. The number of carbonyl (C=O) groups is 2. The van der Waals surface area contributed by atoms with E-state index < -0.39 is 18.4 Å². The van der Waals surface area contributed by atoms with Gasteiger partial charge in [0.1, 0.15) is 11.6 Å². The molecule has 2 aromatic carbocycles. The highest BCUT2D eigenvalue weighted by atomic mass is 19.1. The molecule has 6 nitrogen and oxygen atoms in total. The molecule has 0 saturated carbocycles. The van der Waals surface area contributed by atoms with Crippen LogP contribution in [0, 0.1) is 5.82 Å². The Bertz CT molecular complexity index is 973. The van der Waals surface area contributed by atoms with Crippen molar-refractivity contribution in [2.45, 2.75) is 6.42 Å². The van der Waals surface area contributed by atoms with E-state index >= 15 is 0 Å². The molecule has 0 atom stereocenters. The number of halogens is 1. The number of carbonyl (C=O) groups excluding carboxylic acids is 1. The second-order valence-electron chi connectivity index (χ2n) is 5.88. The summed E-state index contributed by atoms with van der Waals surface area (Å²) in [6.07, 6.45) is 3.65. The first-order chi connectivity index (χ1) is 13.0. The molecule has 7 heteroatoms. The van der Waals surface area contributed by atoms with E-state index in [1.807, 2.05) is 0 Å². The maximum atomic E-state index is 13.7. The van der Waals surface area contributed by atoms with Crippen molar-refractivity contribution in [2.24, 2.45) is 0 Å². The molecule has 1 heterocycles. The summed E-state index contributed by atoms with van der Waals surface area (Å²) in [6.45, 7) is -0.0240. The number of aliphatic carboxylic acids is 1. The minimum absolute atomic E-state index is 0.268. The monoisotopic (exact) mass is 368 g/mol. The third-order valence-electron chi connectivity index (χ3n) is 3.95. The molecule has 1 amide bonds. The van der Waals surface area contributed by atoms with Crippen LogP contribution >= 0.6 is 0 Å². The Morgan fingerprint density at radius 1 is 1.15 bits per heavy atom. The molecule has 0 aliphatic carbocycles. The Balaban J connectivity index is 1.59. The Hall–Kier alpha value is -3.48. The number of hydrogen-bond donors (Lipinski definition) is 2. The molecule has 0 aliphatic rings. The average Bonchev–Trinajstić information content (AvgIpc) is 2.66. The number of hydrogen-bond acceptors (Lipinski definition) is 4. The smallest absolute Gasteiger partial charge is 0.341 e. The number of nitrogens with one attached hydrogen (secondary N) is 1. The van der Waals surface area contributed by atoms with E-state index in [1.54, 1.807) is 36.5 Å². The fraction of sp³-hybridized carbons (Fsp3) is 0.150. The van der Waals surface area contributed by atoms with Crippen LogP contribution in [-0.4, -0.2) is 35.1 Å². The van der Waals surface area contributed by atoms with Gasteiger partial charge >= 0.3 is 5.97 Å². The van der Waals surface area contributed by atoms with Gasteiger partial charge in [0.25, 0.3) is 5.91 Å². The highest BCUT2D eigenvalue weighted by Gasteiger charge is 2.12.